The smallest absolute Gasteiger partial charge is 0.244 e. The number of furan rings is 1. The minimum absolute atomic E-state index is 0.0596. The molecule has 0 spiro atoms. The lowest BCUT2D eigenvalue weighted by molar-refractivity contribution is 0.185. The van der Waals surface area contributed by atoms with E-state index < -0.39 is 16.1 Å². The van der Waals surface area contributed by atoms with Gasteiger partial charge in [-0.25, -0.2) is 13.1 Å². The molecule has 0 radical (unpaired) electrons. The summed E-state index contributed by atoms with van der Waals surface area (Å²) < 4.78 is 35.0. The second-order valence-corrected chi connectivity index (χ2v) is 9.40. The molecule has 3 aromatic rings. The van der Waals surface area contributed by atoms with Crippen molar-refractivity contribution in [2.24, 2.45) is 0 Å². The fraction of sp³-hybridized carbons (Fsp3) is 0.389. The van der Waals surface area contributed by atoms with E-state index in [2.05, 4.69) is 9.82 Å². The predicted molar refractivity (Wildman–Crippen MR) is 104 cm³/mol. The average Bonchev–Trinajstić information content (AvgIpc) is 3.31. The van der Waals surface area contributed by atoms with Gasteiger partial charge < -0.3 is 9.52 Å². The summed E-state index contributed by atoms with van der Waals surface area (Å²) in [6, 6.07) is 7.31. The first-order valence-corrected chi connectivity index (χ1v) is 10.9. The summed E-state index contributed by atoms with van der Waals surface area (Å²) in [6.07, 6.45) is 0.635. The maximum Gasteiger partial charge on any atom is 0.244 e. The van der Waals surface area contributed by atoms with Gasteiger partial charge in [0.25, 0.3) is 0 Å². The van der Waals surface area contributed by atoms with Crippen molar-refractivity contribution in [3.8, 4) is 10.6 Å². The summed E-state index contributed by atoms with van der Waals surface area (Å²) >= 11 is 1.36. The quantitative estimate of drug-likeness (QED) is 0.623. The third-order valence-electron chi connectivity index (χ3n) is 4.20. The van der Waals surface area contributed by atoms with Crippen molar-refractivity contribution in [3.05, 3.63) is 46.8 Å². The molecule has 3 aromatic heterocycles. The summed E-state index contributed by atoms with van der Waals surface area (Å²) in [5, 5.41) is 14.7. The lowest BCUT2D eigenvalue weighted by atomic mass is 10.3. The summed E-state index contributed by atoms with van der Waals surface area (Å²) in [7, 11) is -3.78. The third kappa shape index (κ3) is 4.01. The first-order chi connectivity index (χ1) is 12.7. The Morgan fingerprint density at radius 1 is 1.30 bits per heavy atom. The second kappa shape index (κ2) is 7.59. The topological polar surface area (TPSA) is 97.4 Å². The monoisotopic (exact) mass is 409 g/mol. The number of sulfonamides is 1. The van der Waals surface area contributed by atoms with Crippen LogP contribution in [0, 0.1) is 13.8 Å². The molecule has 0 saturated heterocycles. The van der Waals surface area contributed by atoms with E-state index in [-0.39, 0.29) is 17.5 Å². The van der Waals surface area contributed by atoms with Crippen molar-refractivity contribution in [2.75, 3.05) is 6.54 Å². The molecule has 0 bridgehead atoms. The Morgan fingerprint density at radius 2 is 2.04 bits per heavy atom. The Morgan fingerprint density at radius 3 is 2.63 bits per heavy atom. The molecule has 9 heteroatoms. The number of thiophene rings is 1. The minimum atomic E-state index is -3.78. The minimum Gasteiger partial charge on any atom is -0.464 e. The normalized spacial score (nSPS) is 13.4. The predicted octanol–water partition coefficient (Wildman–Crippen LogP) is 3.41. The molecule has 0 aliphatic rings. The molecular formula is C18H23N3O4S2. The number of nitrogens with zero attached hydrogens (tertiary/aromatic N) is 2. The second-order valence-electron chi connectivity index (χ2n) is 6.59. The molecule has 0 saturated carbocycles. The number of rotatable bonds is 7. The van der Waals surface area contributed by atoms with E-state index in [1.165, 1.54) is 11.3 Å². The maximum absolute atomic E-state index is 12.8. The Hall–Kier alpha value is -1.94. The van der Waals surface area contributed by atoms with Crippen molar-refractivity contribution in [1.29, 1.82) is 0 Å². The molecule has 0 amide bonds. The molecule has 1 atom stereocenters. The number of nitrogens with one attached hydrogen (secondary N) is 1. The molecule has 3 rings (SSSR count). The summed E-state index contributed by atoms with van der Waals surface area (Å²) in [6.45, 7) is 7.18. The molecule has 0 aliphatic carbocycles. The van der Waals surface area contributed by atoms with Gasteiger partial charge >= 0.3 is 0 Å². The lowest BCUT2D eigenvalue weighted by Gasteiger charge is -2.12. The number of aliphatic hydroxyl groups is 1. The van der Waals surface area contributed by atoms with Gasteiger partial charge in [-0.15, -0.1) is 11.3 Å². The van der Waals surface area contributed by atoms with E-state index in [0.29, 0.717) is 22.0 Å². The SMILES string of the molecule is Cc1nn(C(C)C)c(C)c1S(=O)(=O)NCC(O)c1ccc(-c2ccco2)s1. The van der Waals surface area contributed by atoms with Crippen molar-refractivity contribution >= 4 is 21.4 Å². The maximum atomic E-state index is 12.8. The van der Waals surface area contributed by atoms with Crippen molar-refractivity contribution in [3.63, 3.8) is 0 Å². The van der Waals surface area contributed by atoms with Gasteiger partial charge in [0.05, 0.1) is 22.5 Å². The van der Waals surface area contributed by atoms with Crippen LogP contribution in [0.4, 0.5) is 0 Å². The van der Waals surface area contributed by atoms with Crippen LogP contribution in [0.2, 0.25) is 0 Å². The van der Waals surface area contributed by atoms with Crippen LogP contribution in [0.5, 0.6) is 0 Å². The Bertz CT molecular complexity index is 1020. The summed E-state index contributed by atoms with van der Waals surface area (Å²) in [4.78, 5) is 1.71. The van der Waals surface area contributed by atoms with Gasteiger partial charge in [0.2, 0.25) is 10.0 Å². The van der Waals surface area contributed by atoms with Crippen LogP contribution in [0.15, 0.2) is 39.8 Å². The van der Waals surface area contributed by atoms with E-state index >= 15 is 0 Å². The number of aromatic nitrogens is 2. The molecular weight excluding hydrogens is 386 g/mol. The zero-order chi connectivity index (χ0) is 19.8. The van der Waals surface area contributed by atoms with Gasteiger partial charge in [-0.2, -0.15) is 5.10 Å². The Labute approximate surface area is 162 Å². The van der Waals surface area contributed by atoms with Gasteiger partial charge in [-0.1, -0.05) is 0 Å². The van der Waals surface area contributed by atoms with Crippen LogP contribution in [0.25, 0.3) is 10.6 Å². The van der Waals surface area contributed by atoms with Gasteiger partial charge in [-0.3, -0.25) is 4.68 Å². The van der Waals surface area contributed by atoms with Crippen LogP contribution >= 0.6 is 11.3 Å². The van der Waals surface area contributed by atoms with E-state index in [1.807, 2.05) is 26.0 Å². The highest BCUT2D eigenvalue weighted by atomic mass is 32.2. The lowest BCUT2D eigenvalue weighted by Crippen LogP contribution is -2.29. The average molecular weight is 410 g/mol. The Kier molecular flexibility index (Phi) is 5.57. The molecule has 0 aliphatic heterocycles. The summed E-state index contributed by atoms with van der Waals surface area (Å²) in [5.41, 5.74) is 1.03. The van der Waals surface area contributed by atoms with Gasteiger partial charge in [0.1, 0.15) is 16.8 Å². The van der Waals surface area contributed by atoms with E-state index in [9.17, 15) is 13.5 Å². The number of hydrogen-bond acceptors (Lipinski definition) is 6. The van der Waals surface area contributed by atoms with Crippen molar-refractivity contribution < 1.29 is 17.9 Å². The zero-order valence-electron chi connectivity index (χ0n) is 15.6. The third-order valence-corrected chi connectivity index (χ3v) is 7.08. The fourth-order valence-electron chi connectivity index (χ4n) is 2.98. The Balaban J connectivity index is 1.74. The first-order valence-electron chi connectivity index (χ1n) is 8.57. The van der Waals surface area contributed by atoms with Crippen molar-refractivity contribution in [2.45, 2.75) is 44.7 Å². The molecule has 3 heterocycles. The molecule has 146 valence electrons. The standard InChI is InChI=1S/C18H23N3O4S2/c1-11(2)21-13(4)18(12(3)20-21)27(23,24)19-10-14(22)16-7-8-17(26-16)15-6-5-9-25-15/h5-9,11,14,19,22H,10H2,1-4H3. The molecule has 0 aromatic carbocycles. The molecule has 0 fully saturated rings. The van der Waals surface area contributed by atoms with Crippen molar-refractivity contribution in [1.82, 2.24) is 14.5 Å². The van der Waals surface area contributed by atoms with E-state index in [0.717, 1.165) is 4.88 Å². The highest BCUT2D eigenvalue weighted by Gasteiger charge is 2.26. The molecule has 1 unspecified atom stereocenters. The van der Waals surface area contributed by atoms with E-state index in [4.69, 9.17) is 4.42 Å². The van der Waals surface area contributed by atoms with Crippen LogP contribution < -0.4 is 4.72 Å². The van der Waals surface area contributed by atoms with Crippen LogP contribution in [-0.2, 0) is 10.0 Å². The fourth-order valence-corrected chi connectivity index (χ4v) is 5.38. The number of aryl methyl sites for hydroxylation is 1. The first kappa shape index (κ1) is 19.8. The molecule has 27 heavy (non-hydrogen) atoms. The van der Waals surface area contributed by atoms with Crippen LogP contribution in [-0.4, -0.2) is 29.8 Å². The van der Waals surface area contributed by atoms with Gasteiger partial charge in [0.15, 0.2) is 0 Å². The van der Waals surface area contributed by atoms with Gasteiger partial charge in [0, 0.05) is 17.5 Å². The highest BCUT2D eigenvalue weighted by Crippen LogP contribution is 2.31. The highest BCUT2D eigenvalue weighted by molar-refractivity contribution is 7.89. The number of aliphatic hydroxyl groups excluding tert-OH is 1. The largest absolute Gasteiger partial charge is 0.464 e. The van der Waals surface area contributed by atoms with E-state index in [1.54, 1.807) is 36.9 Å². The summed E-state index contributed by atoms with van der Waals surface area (Å²) in [5.74, 6) is 0.714. The van der Waals surface area contributed by atoms with Crippen LogP contribution in [0.1, 0.15) is 42.3 Å². The van der Waals surface area contributed by atoms with Crippen LogP contribution in [0.3, 0.4) is 0 Å². The van der Waals surface area contributed by atoms with Gasteiger partial charge in [-0.05, 0) is 52.0 Å². The number of hydrogen-bond donors (Lipinski definition) is 2. The molecule has 2 N–H and O–H groups in total. The zero-order valence-corrected chi connectivity index (χ0v) is 17.3. The molecule has 7 nitrogen and oxygen atoms in total.